The van der Waals surface area contributed by atoms with Crippen LogP contribution < -0.4 is 5.73 Å². The van der Waals surface area contributed by atoms with Gasteiger partial charge >= 0.3 is 0 Å². The maximum Gasteiger partial charge on any atom is 0.0679 e. The first kappa shape index (κ1) is 11.0. The first-order valence-electron chi connectivity index (χ1n) is 5.24. The SMILES string of the molecule is CC(C)C(CN)CN1CCC(O)C1. The first-order valence-corrected chi connectivity index (χ1v) is 5.24. The Morgan fingerprint density at radius 3 is 2.62 bits per heavy atom. The van der Waals surface area contributed by atoms with Gasteiger partial charge in [-0.2, -0.15) is 0 Å². The lowest BCUT2D eigenvalue weighted by molar-refractivity contribution is 0.164. The largest absolute Gasteiger partial charge is 0.392 e. The molecule has 2 unspecified atom stereocenters. The van der Waals surface area contributed by atoms with Gasteiger partial charge in [0.15, 0.2) is 0 Å². The molecule has 0 aromatic rings. The molecule has 0 spiro atoms. The van der Waals surface area contributed by atoms with Crippen molar-refractivity contribution in [3.05, 3.63) is 0 Å². The first-order chi connectivity index (χ1) is 6.13. The third-order valence-corrected chi connectivity index (χ3v) is 2.99. The van der Waals surface area contributed by atoms with Gasteiger partial charge in [0.1, 0.15) is 0 Å². The zero-order chi connectivity index (χ0) is 9.84. The zero-order valence-electron chi connectivity index (χ0n) is 8.74. The molecule has 1 aliphatic rings. The molecule has 3 nitrogen and oxygen atoms in total. The summed E-state index contributed by atoms with van der Waals surface area (Å²) in [5.41, 5.74) is 5.70. The summed E-state index contributed by atoms with van der Waals surface area (Å²) in [6, 6.07) is 0. The van der Waals surface area contributed by atoms with Crippen LogP contribution in [0.4, 0.5) is 0 Å². The van der Waals surface area contributed by atoms with Gasteiger partial charge in [0.25, 0.3) is 0 Å². The van der Waals surface area contributed by atoms with Crippen molar-refractivity contribution in [2.45, 2.75) is 26.4 Å². The van der Waals surface area contributed by atoms with Crippen LogP contribution >= 0.6 is 0 Å². The molecule has 3 heteroatoms. The van der Waals surface area contributed by atoms with E-state index in [2.05, 4.69) is 18.7 Å². The van der Waals surface area contributed by atoms with Crippen LogP contribution in [-0.4, -0.2) is 42.3 Å². The summed E-state index contributed by atoms with van der Waals surface area (Å²) in [6.07, 6.45) is 0.820. The fourth-order valence-electron chi connectivity index (χ4n) is 1.87. The van der Waals surface area contributed by atoms with Gasteiger partial charge in [-0.05, 0) is 24.8 Å². The molecule has 1 fully saturated rings. The monoisotopic (exact) mass is 186 g/mol. The minimum absolute atomic E-state index is 0.106. The Morgan fingerprint density at radius 2 is 2.23 bits per heavy atom. The van der Waals surface area contributed by atoms with Gasteiger partial charge in [0.2, 0.25) is 0 Å². The molecule has 0 aromatic heterocycles. The lowest BCUT2D eigenvalue weighted by Gasteiger charge is -2.25. The third kappa shape index (κ3) is 3.25. The van der Waals surface area contributed by atoms with Crippen molar-refractivity contribution in [2.75, 3.05) is 26.2 Å². The van der Waals surface area contributed by atoms with E-state index in [4.69, 9.17) is 5.73 Å². The van der Waals surface area contributed by atoms with Crippen LogP contribution in [0.3, 0.4) is 0 Å². The highest BCUT2D eigenvalue weighted by molar-refractivity contribution is 4.78. The number of β-amino-alcohol motifs (C(OH)–C–C–N with tert-alkyl or cyclic N) is 1. The average Bonchev–Trinajstić information content (AvgIpc) is 2.46. The number of nitrogens with two attached hydrogens (primary N) is 1. The Bertz CT molecular complexity index is 150. The van der Waals surface area contributed by atoms with Crippen LogP contribution in [0.1, 0.15) is 20.3 Å². The minimum atomic E-state index is -0.106. The molecule has 2 atom stereocenters. The highest BCUT2D eigenvalue weighted by atomic mass is 16.3. The predicted molar refractivity (Wildman–Crippen MR) is 54.4 cm³/mol. The molecule has 0 aromatic carbocycles. The summed E-state index contributed by atoms with van der Waals surface area (Å²) < 4.78 is 0. The zero-order valence-corrected chi connectivity index (χ0v) is 8.74. The summed E-state index contributed by atoms with van der Waals surface area (Å²) in [5, 5.41) is 9.35. The van der Waals surface area contributed by atoms with Crippen LogP contribution in [0.2, 0.25) is 0 Å². The molecule has 78 valence electrons. The van der Waals surface area contributed by atoms with E-state index in [0.717, 1.165) is 32.6 Å². The Kier molecular flexibility index (Phi) is 4.16. The Balaban J connectivity index is 2.30. The highest BCUT2D eigenvalue weighted by Gasteiger charge is 2.23. The fraction of sp³-hybridized carbons (Fsp3) is 1.00. The van der Waals surface area contributed by atoms with Gasteiger partial charge < -0.3 is 15.7 Å². The standard InChI is InChI=1S/C10H22N2O/c1-8(2)9(5-11)6-12-4-3-10(13)7-12/h8-10,13H,3-7,11H2,1-2H3. The topological polar surface area (TPSA) is 49.5 Å². The van der Waals surface area contributed by atoms with Crippen LogP contribution in [0.25, 0.3) is 0 Å². The van der Waals surface area contributed by atoms with Crippen LogP contribution in [-0.2, 0) is 0 Å². The molecule has 0 aliphatic carbocycles. The number of aliphatic hydroxyl groups is 1. The molecule has 0 amide bonds. The van der Waals surface area contributed by atoms with Crippen molar-refractivity contribution in [2.24, 2.45) is 17.6 Å². The molecule has 1 rings (SSSR count). The molecule has 13 heavy (non-hydrogen) atoms. The van der Waals surface area contributed by atoms with Crippen molar-refractivity contribution < 1.29 is 5.11 Å². The van der Waals surface area contributed by atoms with Gasteiger partial charge in [0.05, 0.1) is 6.10 Å². The number of aliphatic hydroxyl groups excluding tert-OH is 1. The van der Waals surface area contributed by atoms with Crippen molar-refractivity contribution in [3.8, 4) is 0 Å². The van der Waals surface area contributed by atoms with E-state index in [1.165, 1.54) is 0 Å². The van der Waals surface area contributed by atoms with E-state index in [1.807, 2.05) is 0 Å². The van der Waals surface area contributed by atoms with E-state index in [1.54, 1.807) is 0 Å². The second kappa shape index (κ2) is 4.94. The molecule has 1 aliphatic heterocycles. The van der Waals surface area contributed by atoms with Gasteiger partial charge in [-0.15, -0.1) is 0 Å². The van der Waals surface area contributed by atoms with E-state index in [9.17, 15) is 5.11 Å². The second-order valence-electron chi connectivity index (χ2n) is 4.44. The second-order valence-corrected chi connectivity index (χ2v) is 4.44. The van der Waals surface area contributed by atoms with E-state index in [-0.39, 0.29) is 6.10 Å². The number of rotatable bonds is 4. The maximum absolute atomic E-state index is 9.35. The predicted octanol–water partition coefficient (Wildman–Crippen LogP) is 0.284. The molecular weight excluding hydrogens is 164 g/mol. The molecule has 0 bridgehead atoms. The number of hydrogen-bond acceptors (Lipinski definition) is 3. The number of hydrogen-bond donors (Lipinski definition) is 2. The highest BCUT2D eigenvalue weighted by Crippen LogP contribution is 2.15. The molecule has 3 N–H and O–H groups in total. The summed E-state index contributed by atoms with van der Waals surface area (Å²) in [4.78, 5) is 2.32. The molecule has 0 saturated carbocycles. The lowest BCUT2D eigenvalue weighted by Crippen LogP contribution is -2.34. The fourth-order valence-corrected chi connectivity index (χ4v) is 1.87. The van der Waals surface area contributed by atoms with E-state index < -0.39 is 0 Å². The van der Waals surface area contributed by atoms with Crippen LogP contribution in [0, 0.1) is 11.8 Å². The van der Waals surface area contributed by atoms with Gasteiger partial charge in [-0.3, -0.25) is 0 Å². The molecule has 0 radical (unpaired) electrons. The van der Waals surface area contributed by atoms with Crippen molar-refractivity contribution >= 4 is 0 Å². The number of likely N-dealkylation sites (tertiary alicyclic amines) is 1. The Morgan fingerprint density at radius 1 is 1.54 bits per heavy atom. The molecule has 1 saturated heterocycles. The minimum Gasteiger partial charge on any atom is -0.392 e. The van der Waals surface area contributed by atoms with Gasteiger partial charge in [-0.25, -0.2) is 0 Å². The normalized spacial score (nSPS) is 27.0. The summed E-state index contributed by atoms with van der Waals surface area (Å²) in [6.45, 7) is 8.09. The Hall–Kier alpha value is -0.120. The molecular formula is C10H22N2O. The van der Waals surface area contributed by atoms with Crippen molar-refractivity contribution in [3.63, 3.8) is 0 Å². The van der Waals surface area contributed by atoms with Gasteiger partial charge in [-0.1, -0.05) is 13.8 Å². The Labute approximate surface area is 80.9 Å². The third-order valence-electron chi connectivity index (χ3n) is 2.99. The van der Waals surface area contributed by atoms with Crippen LogP contribution in [0.15, 0.2) is 0 Å². The maximum atomic E-state index is 9.35. The summed E-state index contributed by atoms with van der Waals surface area (Å²) in [7, 11) is 0. The van der Waals surface area contributed by atoms with Gasteiger partial charge in [0, 0.05) is 19.6 Å². The molecule has 1 heterocycles. The van der Waals surface area contributed by atoms with E-state index >= 15 is 0 Å². The average molecular weight is 186 g/mol. The van der Waals surface area contributed by atoms with Crippen molar-refractivity contribution in [1.82, 2.24) is 4.90 Å². The lowest BCUT2D eigenvalue weighted by atomic mass is 9.95. The smallest absolute Gasteiger partial charge is 0.0679 e. The quantitative estimate of drug-likeness (QED) is 0.663. The summed E-state index contributed by atoms with van der Waals surface area (Å²) in [5.74, 6) is 1.22. The number of nitrogens with zero attached hydrogens (tertiary/aromatic N) is 1. The summed E-state index contributed by atoms with van der Waals surface area (Å²) >= 11 is 0. The van der Waals surface area contributed by atoms with Crippen molar-refractivity contribution in [1.29, 1.82) is 0 Å². The van der Waals surface area contributed by atoms with Crippen LogP contribution in [0.5, 0.6) is 0 Å². The van der Waals surface area contributed by atoms with E-state index in [0.29, 0.717) is 11.8 Å².